The lowest BCUT2D eigenvalue weighted by atomic mass is 10.1. The minimum absolute atomic E-state index is 0.0292. The van der Waals surface area contributed by atoms with Crippen molar-refractivity contribution in [2.45, 2.75) is 30.7 Å². The summed E-state index contributed by atoms with van der Waals surface area (Å²) in [6.07, 6.45) is 4.72. The van der Waals surface area contributed by atoms with Gasteiger partial charge in [0, 0.05) is 33.7 Å². The number of anilines is 1. The highest BCUT2D eigenvalue weighted by Crippen LogP contribution is 2.21. The minimum Gasteiger partial charge on any atom is -0.347 e. The standard InChI is InChI=1S/C19H24ClN5O3S/c1-24(2)29(27,28)16-9-5-4-8-14(16)12-21-18(26)17-15(20)13-22-19(23-17)25-10-6-3-7-11-25/h4-5,8-9,13H,3,6-7,10-12H2,1-2H3,(H,21,26). The lowest BCUT2D eigenvalue weighted by Gasteiger charge is -2.26. The highest BCUT2D eigenvalue weighted by atomic mass is 35.5. The summed E-state index contributed by atoms with van der Waals surface area (Å²) in [6.45, 7) is 1.72. The van der Waals surface area contributed by atoms with Gasteiger partial charge in [0.1, 0.15) is 0 Å². The molecule has 0 bridgehead atoms. The zero-order chi connectivity index (χ0) is 21.0. The van der Waals surface area contributed by atoms with E-state index in [1.54, 1.807) is 18.2 Å². The molecule has 2 heterocycles. The van der Waals surface area contributed by atoms with Crippen LogP contribution in [-0.4, -0.2) is 55.8 Å². The van der Waals surface area contributed by atoms with Crippen molar-refractivity contribution in [1.29, 1.82) is 0 Å². The van der Waals surface area contributed by atoms with Gasteiger partial charge in [0.2, 0.25) is 16.0 Å². The smallest absolute Gasteiger partial charge is 0.271 e. The van der Waals surface area contributed by atoms with Crippen LogP contribution in [0.25, 0.3) is 0 Å². The van der Waals surface area contributed by atoms with E-state index in [1.807, 2.05) is 4.90 Å². The zero-order valence-electron chi connectivity index (χ0n) is 16.4. The van der Waals surface area contributed by atoms with E-state index in [1.165, 1.54) is 32.8 Å². The molecule has 0 aliphatic carbocycles. The summed E-state index contributed by atoms with van der Waals surface area (Å²) >= 11 is 6.15. The van der Waals surface area contributed by atoms with Gasteiger partial charge in [-0.05, 0) is 30.9 Å². The number of halogens is 1. The topological polar surface area (TPSA) is 95.5 Å². The predicted molar refractivity (Wildman–Crippen MR) is 112 cm³/mol. The third-order valence-electron chi connectivity index (χ3n) is 4.76. The van der Waals surface area contributed by atoms with E-state index < -0.39 is 15.9 Å². The van der Waals surface area contributed by atoms with Crippen LogP contribution >= 0.6 is 11.6 Å². The minimum atomic E-state index is -3.63. The molecule has 1 N–H and O–H groups in total. The summed E-state index contributed by atoms with van der Waals surface area (Å²) in [6, 6.07) is 6.55. The summed E-state index contributed by atoms with van der Waals surface area (Å²) in [7, 11) is -0.694. The third kappa shape index (κ3) is 4.85. The van der Waals surface area contributed by atoms with Crippen molar-refractivity contribution in [3.05, 3.63) is 46.7 Å². The number of aromatic nitrogens is 2. The molecule has 8 nitrogen and oxygen atoms in total. The fourth-order valence-electron chi connectivity index (χ4n) is 3.12. The van der Waals surface area contributed by atoms with Gasteiger partial charge in [-0.2, -0.15) is 0 Å². The van der Waals surface area contributed by atoms with Gasteiger partial charge in [0.05, 0.1) is 16.1 Å². The summed E-state index contributed by atoms with van der Waals surface area (Å²) in [5, 5.41) is 2.87. The molecule has 0 spiro atoms. The van der Waals surface area contributed by atoms with Crippen molar-refractivity contribution in [3.8, 4) is 0 Å². The lowest BCUT2D eigenvalue weighted by Crippen LogP contribution is -2.32. The van der Waals surface area contributed by atoms with Crippen molar-refractivity contribution < 1.29 is 13.2 Å². The molecule has 1 saturated heterocycles. The van der Waals surface area contributed by atoms with Crippen LogP contribution in [0.5, 0.6) is 0 Å². The van der Waals surface area contributed by atoms with Crippen LogP contribution in [0.2, 0.25) is 5.02 Å². The van der Waals surface area contributed by atoms with E-state index in [0.29, 0.717) is 11.5 Å². The van der Waals surface area contributed by atoms with Crippen LogP contribution in [0, 0.1) is 0 Å². The Balaban J connectivity index is 1.78. The maximum absolute atomic E-state index is 12.7. The number of rotatable bonds is 6. The molecule has 3 rings (SSSR count). The second-order valence-corrected chi connectivity index (χ2v) is 9.52. The van der Waals surface area contributed by atoms with Crippen molar-refractivity contribution in [2.24, 2.45) is 0 Å². The van der Waals surface area contributed by atoms with Gasteiger partial charge in [-0.25, -0.2) is 22.7 Å². The van der Waals surface area contributed by atoms with Gasteiger partial charge < -0.3 is 10.2 Å². The third-order valence-corrected chi connectivity index (χ3v) is 6.95. The van der Waals surface area contributed by atoms with Crippen molar-refractivity contribution in [3.63, 3.8) is 0 Å². The molecule has 1 aliphatic heterocycles. The SMILES string of the molecule is CN(C)S(=O)(=O)c1ccccc1CNC(=O)c1nc(N2CCCCC2)ncc1Cl. The zero-order valence-corrected chi connectivity index (χ0v) is 18.0. The molecular formula is C19H24ClN5O3S. The fraction of sp³-hybridized carbons (Fsp3) is 0.421. The molecule has 1 aromatic heterocycles. The summed E-state index contributed by atoms with van der Waals surface area (Å²) in [5.41, 5.74) is 0.561. The highest BCUT2D eigenvalue weighted by molar-refractivity contribution is 7.89. The quantitative estimate of drug-likeness (QED) is 0.745. The number of nitrogens with zero attached hydrogens (tertiary/aromatic N) is 4. The van der Waals surface area contributed by atoms with Gasteiger partial charge in [-0.1, -0.05) is 29.8 Å². The first-order valence-corrected chi connectivity index (χ1v) is 11.2. The molecular weight excluding hydrogens is 414 g/mol. The number of sulfonamides is 1. The Kier molecular flexibility index (Phi) is 6.71. The number of hydrogen-bond donors (Lipinski definition) is 1. The van der Waals surface area contributed by atoms with Gasteiger partial charge in [-0.3, -0.25) is 4.79 Å². The Hall–Kier alpha value is -2.23. The van der Waals surface area contributed by atoms with E-state index in [0.717, 1.165) is 30.2 Å². The molecule has 2 aromatic rings. The molecule has 0 radical (unpaired) electrons. The first-order valence-electron chi connectivity index (χ1n) is 9.37. The van der Waals surface area contributed by atoms with E-state index in [2.05, 4.69) is 15.3 Å². The number of carbonyl (C=O) groups is 1. The summed E-state index contributed by atoms with van der Waals surface area (Å²) in [5.74, 6) is 0.00236. The maximum Gasteiger partial charge on any atom is 0.271 e. The number of piperidine rings is 1. The molecule has 1 amide bonds. The summed E-state index contributed by atoms with van der Waals surface area (Å²) < 4.78 is 26.2. The van der Waals surface area contributed by atoms with Crippen LogP contribution in [0.1, 0.15) is 35.3 Å². The van der Waals surface area contributed by atoms with Crippen LogP contribution in [0.4, 0.5) is 5.95 Å². The highest BCUT2D eigenvalue weighted by Gasteiger charge is 2.22. The van der Waals surface area contributed by atoms with Crippen LogP contribution < -0.4 is 10.2 Å². The van der Waals surface area contributed by atoms with Gasteiger partial charge in [-0.15, -0.1) is 0 Å². The molecule has 0 saturated carbocycles. The second-order valence-electron chi connectivity index (χ2n) is 6.99. The molecule has 29 heavy (non-hydrogen) atoms. The molecule has 0 atom stereocenters. The molecule has 1 aromatic carbocycles. The van der Waals surface area contributed by atoms with Crippen molar-refractivity contribution in [1.82, 2.24) is 19.6 Å². The average Bonchev–Trinajstić information content (AvgIpc) is 2.73. The fourth-order valence-corrected chi connectivity index (χ4v) is 4.41. The summed E-state index contributed by atoms with van der Waals surface area (Å²) in [4.78, 5) is 23.5. The van der Waals surface area contributed by atoms with E-state index in [9.17, 15) is 13.2 Å². The van der Waals surface area contributed by atoms with Gasteiger partial charge in [0.15, 0.2) is 5.69 Å². The molecule has 1 aliphatic rings. The Morgan fingerprint density at radius 2 is 1.90 bits per heavy atom. The Bertz CT molecular complexity index is 991. The number of hydrogen-bond acceptors (Lipinski definition) is 6. The number of nitrogens with one attached hydrogen (secondary N) is 1. The van der Waals surface area contributed by atoms with Crippen molar-refractivity contribution >= 4 is 33.5 Å². The van der Waals surface area contributed by atoms with E-state index in [4.69, 9.17) is 11.6 Å². The first-order chi connectivity index (χ1) is 13.8. The van der Waals surface area contributed by atoms with Gasteiger partial charge in [0.25, 0.3) is 5.91 Å². The molecule has 1 fully saturated rings. The number of amides is 1. The second kappa shape index (κ2) is 9.06. The normalized spacial score (nSPS) is 14.8. The molecule has 156 valence electrons. The monoisotopic (exact) mass is 437 g/mol. The van der Waals surface area contributed by atoms with Crippen molar-refractivity contribution in [2.75, 3.05) is 32.1 Å². The Morgan fingerprint density at radius 3 is 2.59 bits per heavy atom. The molecule has 10 heteroatoms. The Morgan fingerprint density at radius 1 is 1.21 bits per heavy atom. The first kappa shape index (κ1) is 21.5. The van der Waals surface area contributed by atoms with Crippen LogP contribution in [-0.2, 0) is 16.6 Å². The Labute approximate surface area is 176 Å². The predicted octanol–water partition coefficient (Wildman–Crippen LogP) is 2.30. The van der Waals surface area contributed by atoms with Gasteiger partial charge >= 0.3 is 0 Å². The lowest BCUT2D eigenvalue weighted by molar-refractivity contribution is 0.0945. The maximum atomic E-state index is 12.7. The van der Waals surface area contributed by atoms with E-state index in [-0.39, 0.29) is 22.2 Å². The van der Waals surface area contributed by atoms with Crippen LogP contribution in [0.3, 0.4) is 0 Å². The molecule has 0 unspecified atom stereocenters. The largest absolute Gasteiger partial charge is 0.347 e. The average molecular weight is 438 g/mol. The number of carbonyl (C=O) groups excluding carboxylic acids is 1. The number of benzene rings is 1. The van der Waals surface area contributed by atoms with E-state index >= 15 is 0 Å². The van der Waals surface area contributed by atoms with Crippen LogP contribution in [0.15, 0.2) is 35.4 Å².